The van der Waals surface area contributed by atoms with E-state index < -0.39 is 0 Å². The molecule has 0 spiro atoms. The minimum Gasteiger partial charge on any atom is -0.341 e. The quantitative estimate of drug-likeness (QED) is 0.680. The summed E-state index contributed by atoms with van der Waals surface area (Å²) in [5.41, 5.74) is 3.28. The zero-order valence-corrected chi connectivity index (χ0v) is 16.5. The van der Waals surface area contributed by atoms with Crippen LogP contribution in [0.1, 0.15) is 37.3 Å². The Kier molecular flexibility index (Phi) is 5.02. The van der Waals surface area contributed by atoms with Crippen LogP contribution in [0.2, 0.25) is 0 Å². The summed E-state index contributed by atoms with van der Waals surface area (Å²) in [6.07, 6.45) is 13.9. The van der Waals surface area contributed by atoms with Gasteiger partial charge in [-0.25, -0.2) is 19.9 Å². The molecule has 2 fully saturated rings. The van der Waals surface area contributed by atoms with Gasteiger partial charge < -0.3 is 9.80 Å². The van der Waals surface area contributed by atoms with E-state index in [0.29, 0.717) is 5.92 Å². The maximum atomic E-state index is 5.10. The molecule has 7 nitrogen and oxygen atoms in total. The van der Waals surface area contributed by atoms with Crippen molar-refractivity contribution < 1.29 is 0 Å². The highest BCUT2D eigenvalue weighted by Crippen LogP contribution is 2.34. The molecule has 2 saturated heterocycles. The molecule has 0 N–H and O–H groups in total. The topological polar surface area (TPSA) is 70.9 Å². The molecule has 2 aliphatic heterocycles. The number of rotatable bonds is 4. The highest BCUT2D eigenvalue weighted by Gasteiger charge is 2.28. The lowest BCUT2D eigenvalue weighted by atomic mass is 9.90. The molecular weight excluding hydrogens is 362 g/mol. The number of aromatic nitrogens is 5. The van der Waals surface area contributed by atoms with Crippen molar-refractivity contribution in [2.24, 2.45) is 0 Å². The Morgan fingerprint density at radius 3 is 2.41 bits per heavy atom. The van der Waals surface area contributed by atoms with E-state index >= 15 is 0 Å². The summed E-state index contributed by atoms with van der Waals surface area (Å²) in [7, 11) is 0. The SMILES string of the molecule is c1cnc(N2CCC[C@H](c3nc(N4CCCC4)ncc3-c3cccnc3)C2)nc1. The van der Waals surface area contributed by atoms with Crippen molar-refractivity contribution in [2.75, 3.05) is 36.0 Å². The second-order valence-corrected chi connectivity index (χ2v) is 7.74. The van der Waals surface area contributed by atoms with E-state index in [1.54, 1.807) is 6.20 Å². The zero-order chi connectivity index (χ0) is 19.5. The molecule has 0 unspecified atom stereocenters. The van der Waals surface area contributed by atoms with Gasteiger partial charge in [0.25, 0.3) is 0 Å². The highest BCUT2D eigenvalue weighted by atomic mass is 15.3. The summed E-state index contributed by atoms with van der Waals surface area (Å²) in [6.45, 7) is 3.93. The average molecular weight is 387 g/mol. The van der Waals surface area contributed by atoms with Gasteiger partial charge in [0.2, 0.25) is 11.9 Å². The van der Waals surface area contributed by atoms with Gasteiger partial charge in [0.05, 0.1) is 5.69 Å². The Hall–Kier alpha value is -3.09. The number of nitrogens with zero attached hydrogens (tertiary/aromatic N) is 7. The summed E-state index contributed by atoms with van der Waals surface area (Å²) in [6, 6.07) is 5.92. The number of pyridine rings is 1. The second-order valence-electron chi connectivity index (χ2n) is 7.74. The second kappa shape index (κ2) is 8.11. The molecule has 3 aromatic rings. The van der Waals surface area contributed by atoms with Crippen molar-refractivity contribution in [1.29, 1.82) is 0 Å². The molecular formula is C22H25N7. The molecule has 0 aliphatic carbocycles. The Balaban J connectivity index is 1.51. The first-order chi connectivity index (χ1) is 14.4. The van der Waals surface area contributed by atoms with Gasteiger partial charge in [0, 0.05) is 74.2 Å². The first-order valence-corrected chi connectivity index (χ1v) is 10.4. The van der Waals surface area contributed by atoms with E-state index in [4.69, 9.17) is 9.97 Å². The summed E-state index contributed by atoms with van der Waals surface area (Å²) in [4.78, 5) is 27.6. The third-order valence-corrected chi connectivity index (χ3v) is 5.81. The predicted octanol–water partition coefficient (Wildman–Crippen LogP) is 3.31. The van der Waals surface area contributed by atoms with Gasteiger partial charge >= 0.3 is 0 Å². The van der Waals surface area contributed by atoms with Crippen LogP contribution >= 0.6 is 0 Å². The van der Waals surface area contributed by atoms with Gasteiger partial charge in [0.1, 0.15) is 0 Å². The summed E-state index contributed by atoms with van der Waals surface area (Å²) in [5.74, 6) is 1.97. The van der Waals surface area contributed by atoms with Crippen LogP contribution in [0, 0.1) is 0 Å². The molecule has 0 bridgehead atoms. The van der Waals surface area contributed by atoms with Crippen LogP contribution < -0.4 is 9.80 Å². The van der Waals surface area contributed by atoms with Crippen LogP contribution in [-0.4, -0.2) is 51.1 Å². The van der Waals surface area contributed by atoms with E-state index in [2.05, 4.69) is 30.8 Å². The first kappa shape index (κ1) is 18.0. The van der Waals surface area contributed by atoms with Crippen LogP contribution in [-0.2, 0) is 0 Å². The molecule has 5 rings (SSSR count). The van der Waals surface area contributed by atoms with Crippen LogP contribution in [0.4, 0.5) is 11.9 Å². The average Bonchev–Trinajstić information content (AvgIpc) is 3.35. The number of hydrogen-bond acceptors (Lipinski definition) is 7. The molecule has 7 heteroatoms. The zero-order valence-electron chi connectivity index (χ0n) is 16.5. The Bertz CT molecular complexity index is 942. The molecule has 148 valence electrons. The third kappa shape index (κ3) is 3.77. The van der Waals surface area contributed by atoms with E-state index in [1.165, 1.54) is 12.8 Å². The Morgan fingerprint density at radius 2 is 1.62 bits per heavy atom. The molecule has 0 aromatic carbocycles. The van der Waals surface area contributed by atoms with E-state index in [-0.39, 0.29) is 0 Å². The van der Waals surface area contributed by atoms with Gasteiger partial charge in [-0.1, -0.05) is 6.07 Å². The molecule has 1 atom stereocenters. The molecule has 5 heterocycles. The van der Waals surface area contributed by atoms with Crippen LogP contribution in [0.15, 0.2) is 49.2 Å². The van der Waals surface area contributed by atoms with Crippen LogP contribution in [0.25, 0.3) is 11.1 Å². The van der Waals surface area contributed by atoms with Crippen molar-refractivity contribution in [1.82, 2.24) is 24.9 Å². The van der Waals surface area contributed by atoms with E-state index in [0.717, 1.165) is 67.7 Å². The van der Waals surface area contributed by atoms with Gasteiger partial charge in [-0.3, -0.25) is 4.98 Å². The van der Waals surface area contributed by atoms with Gasteiger partial charge in [0.15, 0.2) is 0 Å². The van der Waals surface area contributed by atoms with Crippen molar-refractivity contribution in [3.8, 4) is 11.1 Å². The molecule has 0 amide bonds. The Morgan fingerprint density at radius 1 is 0.793 bits per heavy atom. The van der Waals surface area contributed by atoms with Crippen LogP contribution in [0.5, 0.6) is 0 Å². The standard InChI is InChI=1S/C22H25N7/c1-2-12-28(11-1)22-26-15-19(17-6-3-8-23-14-17)20(27-22)18-7-4-13-29(16-18)21-24-9-5-10-25-21/h3,5-6,8-10,14-15,18H,1-2,4,7,11-13,16H2/t18-/m0/s1. The molecule has 0 radical (unpaired) electrons. The lowest BCUT2D eigenvalue weighted by molar-refractivity contribution is 0.495. The number of hydrogen-bond donors (Lipinski definition) is 0. The van der Waals surface area contributed by atoms with Gasteiger partial charge in [-0.15, -0.1) is 0 Å². The van der Waals surface area contributed by atoms with Gasteiger partial charge in [-0.05, 0) is 37.8 Å². The monoisotopic (exact) mass is 387 g/mol. The smallest absolute Gasteiger partial charge is 0.225 e. The van der Waals surface area contributed by atoms with Gasteiger partial charge in [-0.2, -0.15) is 0 Å². The minimum atomic E-state index is 0.312. The summed E-state index contributed by atoms with van der Waals surface area (Å²) >= 11 is 0. The third-order valence-electron chi connectivity index (χ3n) is 5.81. The maximum Gasteiger partial charge on any atom is 0.225 e. The normalized spacial score (nSPS) is 19.5. The van der Waals surface area contributed by atoms with E-state index in [1.807, 2.05) is 36.9 Å². The van der Waals surface area contributed by atoms with Crippen molar-refractivity contribution in [3.05, 3.63) is 54.9 Å². The number of anilines is 2. The molecule has 2 aliphatic rings. The molecule has 0 saturated carbocycles. The summed E-state index contributed by atoms with van der Waals surface area (Å²) in [5, 5.41) is 0. The predicted molar refractivity (Wildman–Crippen MR) is 113 cm³/mol. The largest absolute Gasteiger partial charge is 0.341 e. The Labute approximate surface area is 170 Å². The lowest BCUT2D eigenvalue weighted by Crippen LogP contribution is -2.36. The van der Waals surface area contributed by atoms with Crippen molar-refractivity contribution in [3.63, 3.8) is 0 Å². The fourth-order valence-corrected chi connectivity index (χ4v) is 4.35. The van der Waals surface area contributed by atoms with E-state index in [9.17, 15) is 0 Å². The van der Waals surface area contributed by atoms with Crippen LogP contribution in [0.3, 0.4) is 0 Å². The molecule has 3 aromatic heterocycles. The number of piperidine rings is 1. The minimum absolute atomic E-state index is 0.312. The first-order valence-electron chi connectivity index (χ1n) is 10.4. The highest BCUT2D eigenvalue weighted by molar-refractivity contribution is 5.66. The fraction of sp³-hybridized carbons (Fsp3) is 0.409. The summed E-state index contributed by atoms with van der Waals surface area (Å²) < 4.78 is 0. The van der Waals surface area contributed by atoms with Crippen molar-refractivity contribution >= 4 is 11.9 Å². The fourth-order valence-electron chi connectivity index (χ4n) is 4.35. The molecule has 29 heavy (non-hydrogen) atoms. The maximum absolute atomic E-state index is 5.10. The lowest BCUT2D eigenvalue weighted by Gasteiger charge is -2.33. The van der Waals surface area contributed by atoms with Crippen molar-refractivity contribution in [2.45, 2.75) is 31.6 Å².